The minimum Gasteiger partial charge on any atom is -0.432 e. The van der Waals surface area contributed by atoms with Gasteiger partial charge in [-0.3, -0.25) is 0 Å². The van der Waals surface area contributed by atoms with E-state index in [1.165, 1.54) is 18.2 Å². The monoisotopic (exact) mass is 380 g/mol. The van der Waals surface area contributed by atoms with Gasteiger partial charge >= 0.3 is 12.6 Å². The van der Waals surface area contributed by atoms with E-state index < -0.39 is 18.7 Å². The fourth-order valence-electron chi connectivity index (χ4n) is 2.09. The Labute approximate surface area is 148 Å². The maximum atomic E-state index is 12.8. The van der Waals surface area contributed by atoms with Crippen LogP contribution in [0.4, 0.5) is 17.6 Å². The van der Waals surface area contributed by atoms with E-state index in [2.05, 4.69) is 19.9 Å². The Hall–Kier alpha value is -3.68. The molecule has 0 aliphatic carbocycles. The molecule has 7 nitrogen and oxygen atoms in total. The molecule has 2 aromatic heterocycles. The van der Waals surface area contributed by atoms with E-state index in [0.717, 1.165) is 18.5 Å². The van der Waals surface area contributed by atoms with E-state index >= 15 is 0 Å². The van der Waals surface area contributed by atoms with Gasteiger partial charge in [0.2, 0.25) is 0 Å². The van der Waals surface area contributed by atoms with Crippen LogP contribution in [0, 0.1) is 11.3 Å². The molecule has 1 aromatic carbocycles. The van der Waals surface area contributed by atoms with Gasteiger partial charge in [-0.05, 0) is 12.1 Å². The first-order valence-electron chi connectivity index (χ1n) is 7.21. The molecule has 0 radical (unpaired) electrons. The molecule has 0 N–H and O–H groups in total. The van der Waals surface area contributed by atoms with Crippen LogP contribution in [-0.4, -0.2) is 21.7 Å². The summed E-state index contributed by atoms with van der Waals surface area (Å²) in [6.07, 6.45) is -0.927. The summed E-state index contributed by atoms with van der Waals surface area (Å²) >= 11 is 0. The summed E-state index contributed by atoms with van der Waals surface area (Å²) in [6, 6.07) is 6.95. The third kappa shape index (κ3) is 4.12. The summed E-state index contributed by atoms with van der Waals surface area (Å²) < 4.78 is 64.2. The SMILES string of the molecule is N#Cc1cccc(Oc2ncc(OC(F)F)cn2)c1-c1cc(C(F)F)no1. The molecule has 11 heteroatoms. The van der Waals surface area contributed by atoms with Crippen molar-refractivity contribution in [3.8, 4) is 34.9 Å². The molecular weight excluding hydrogens is 372 g/mol. The highest BCUT2D eigenvalue weighted by atomic mass is 19.3. The zero-order valence-electron chi connectivity index (χ0n) is 13.1. The standard InChI is InChI=1S/C16H8F4N4O3/c17-14(18)10-4-12(27-24-10)13-8(5-21)2-1-3-11(13)26-16-22-6-9(7-23-16)25-15(19)20/h1-4,6-7,14-15H. The second-order valence-electron chi connectivity index (χ2n) is 4.89. The topological polar surface area (TPSA) is 94.1 Å². The molecule has 0 unspecified atom stereocenters. The Bertz CT molecular complexity index is 971. The number of hydrogen-bond donors (Lipinski definition) is 0. The zero-order chi connectivity index (χ0) is 19.4. The van der Waals surface area contributed by atoms with Crippen LogP contribution < -0.4 is 9.47 Å². The van der Waals surface area contributed by atoms with Crippen LogP contribution >= 0.6 is 0 Å². The van der Waals surface area contributed by atoms with E-state index in [9.17, 15) is 22.8 Å². The predicted molar refractivity (Wildman–Crippen MR) is 80.3 cm³/mol. The molecule has 0 bridgehead atoms. The maximum Gasteiger partial charge on any atom is 0.387 e. The van der Waals surface area contributed by atoms with Crippen molar-refractivity contribution in [2.75, 3.05) is 0 Å². The number of nitrogens with zero attached hydrogens (tertiary/aromatic N) is 4. The molecule has 0 saturated carbocycles. The van der Waals surface area contributed by atoms with Crippen molar-refractivity contribution in [2.45, 2.75) is 13.0 Å². The van der Waals surface area contributed by atoms with Crippen molar-refractivity contribution in [3.63, 3.8) is 0 Å². The van der Waals surface area contributed by atoms with Crippen LogP contribution in [0.15, 0.2) is 41.2 Å². The lowest BCUT2D eigenvalue weighted by Crippen LogP contribution is -2.03. The normalized spacial score (nSPS) is 10.9. The van der Waals surface area contributed by atoms with Gasteiger partial charge in [0.05, 0.1) is 23.5 Å². The van der Waals surface area contributed by atoms with E-state index in [1.807, 2.05) is 6.07 Å². The van der Waals surface area contributed by atoms with Crippen molar-refractivity contribution in [1.82, 2.24) is 15.1 Å². The van der Waals surface area contributed by atoms with Crippen molar-refractivity contribution in [1.29, 1.82) is 5.26 Å². The summed E-state index contributed by atoms with van der Waals surface area (Å²) in [5.41, 5.74) is -0.466. The Morgan fingerprint density at radius 3 is 2.44 bits per heavy atom. The maximum absolute atomic E-state index is 12.8. The van der Waals surface area contributed by atoms with Crippen LogP contribution in [0.5, 0.6) is 17.5 Å². The molecule has 0 amide bonds. The Morgan fingerprint density at radius 1 is 1.11 bits per heavy atom. The first-order chi connectivity index (χ1) is 13.0. The number of alkyl halides is 4. The minimum atomic E-state index is -3.03. The highest BCUT2D eigenvalue weighted by Gasteiger charge is 2.21. The number of hydrogen-bond acceptors (Lipinski definition) is 7. The van der Waals surface area contributed by atoms with Gasteiger partial charge in [0.25, 0.3) is 6.43 Å². The second-order valence-corrected chi connectivity index (χ2v) is 4.89. The fraction of sp³-hybridized carbons (Fsp3) is 0.125. The molecule has 0 fully saturated rings. The van der Waals surface area contributed by atoms with Crippen molar-refractivity contribution >= 4 is 0 Å². The van der Waals surface area contributed by atoms with Gasteiger partial charge in [-0.25, -0.2) is 8.78 Å². The number of ether oxygens (including phenoxy) is 2. The first kappa shape index (κ1) is 18.1. The number of benzene rings is 1. The summed E-state index contributed by atoms with van der Waals surface area (Å²) in [6.45, 7) is -3.03. The molecule has 0 atom stereocenters. The average molecular weight is 380 g/mol. The highest BCUT2D eigenvalue weighted by Crippen LogP contribution is 2.36. The van der Waals surface area contributed by atoms with Gasteiger partial charge in [0.1, 0.15) is 17.5 Å². The molecule has 0 aliphatic heterocycles. The van der Waals surface area contributed by atoms with Crippen LogP contribution in [0.25, 0.3) is 11.3 Å². The highest BCUT2D eigenvalue weighted by molar-refractivity contribution is 5.73. The lowest BCUT2D eigenvalue weighted by molar-refractivity contribution is -0.0503. The first-order valence-corrected chi connectivity index (χ1v) is 7.21. The van der Waals surface area contributed by atoms with Crippen molar-refractivity contribution < 1.29 is 31.6 Å². The Balaban J connectivity index is 1.95. The average Bonchev–Trinajstić information content (AvgIpc) is 3.12. The molecular formula is C16H8F4N4O3. The van der Waals surface area contributed by atoms with Gasteiger partial charge in [0, 0.05) is 6.07 Å². The number of rotatable bonds is 6. The molecule has 0 spiro atoms. The van der Waals surface area contributed by atoms with Crippen LogP contribution in [0.2, 0.25) is 0 Å². The van der Waals surface area contributed by atoms with Gasteiger partial charge in [-0.15, -0.1) is 0 Å². The molecule has 27 heavy (non-hydrogen) atoms. The van der Waals surface area contributed by atoms with Gasteiger partial charge in [0.15, 0.2) is 11.5 Å². The minimum absolute atomic E-state index is 0.0218. The zero-order valence-corrected chi connectivity index (χ0v) is 13.1. The van der Waals surface area contributed by atoms with Crippen LogP contribution in [0.3, 0.4) is 0 Å². The summed E-state index contributed by atoms with van der Waals surface area (Å²) in [5.74, 6) is -0.371. The third-order valence-electron chi connectivity index (χ3n) is 3.18. The summed E-state index contributed by atoms with van der Waals surface area (Å²) in [4.78, 5) is 7.42. The van der Waals surface area contributed by atoms with Crippen molar-refractivity contribution in [3.05, 3.63) is 47.9 Å². The number of halogens is 4. The molecule has 0 aliphatic rings. The van der Waals surface area contributed by atoms with E-state index in [1.54, 1.807) is 0 Å². The van der Waals surface area contributed by atoms with Crippen molar-refractivity contribution in [2.24, 2.45) is 0 Å². The Kier molecular flexibility index (Phi) is 5.16. The lowest BCUT2D eigenvalue weighted by Gasteiger charge is -2.09. The second kappa shape index (κ2) is 7.69. The van der Waals surface area contributed by atoms with Gasteiger partial charge in [-0.1, -0.05) is 11.2 Å². The van der Waals surface area contributed by atoms with Crippen LogP contribution in [0.1, 0.15) is 17.7 Å². The molecule has 2 heterocycles. The quantitative estimate of drug-likeness (QED) is 0.587. The summed E-state index contributed by atoms with van der Waals surface area (Å²) in [7, 11) is 0. The predicted octanol–water partition coefficient (Wildman–Crippen LogP) is 4.33. The largest absolute Gasteiger partial charge is 0.432 e. The molecule has 0 saturated heterocycles. The van der Waals surface area contributed by atoms with Gasteiger partial charge < -0.3 is 14.0 Å². The molecule has 3 rings (SSSR count). The molecule has 3 aromatic rings. The Morgan fingerprint density at radius 2 is 1.85 bits per heavy atom. The van der Waals surface area contributed by atoms with E-state index in [4.69, 9.17) is 9.26 Å². The lowest BCUT2D eigenvalue weighted by atomic mass is 10.0. The van der Waals surface area contributed by atoms with Gasteiger partial charge in [-0.2, -0.15) is 24.0 Å². The van der Waals surface area contributed by atoms with E-state index in [0.29, 0.717) is 0 Å². The third-order valence-corrected chi connectivity index (χ3v) is 3.18. The fourth-order valence-corrected chi connectivity index (χ4v) is 2.09. The summed E-state index contributed by atoms with van der Waals surface area (Å²) in [5, 5.41) is 12.5. The van der Waals surface area contributed by atoms with E-state index in [-0.39, 0.29) is 34.4 Å². The molecule has 138 valence electrons. The number of aromatic nitrogens is 3. The smallest absolute Gasteiger partial charge is 0.387 e. The van der Waals surface area contributed by atoms with Crippen LogP contribution in [-0.2, 0) is 0 Å². The number of nitriles is 1.